The molecule has 1 aliphatic heterocycles. The summed E-state index contributed by atoms with van der Waals surface area (Å²) in [6.45, 7) is 3.80. The molecule has 3 aliphatic rings. The summed E-state index contributed by atoms with van der Waals surface area (Å²) in [5.74, 6) is 1.17. The van der Waals surface area contributed by atoms with Crippen LogP contribution in [-0.4, -0.2) is 25.6 Å². The Morgan fingerprint density at radius 1 is 1.15 bits per heavy atom. The minimum Gasteiger partial charge on any atom is -0.492 e. The van der Waals surface area contributed by atoms with Crippen LogP contribution >= 0.6 is 11.6 Å². The minimum absolute atomic E-state index is 0.0894. The third-order valence-corrected chi connectivity index (χ3v) is 6.77. The van der Waals surface area contributed by atoms with E-state index in [9.17, 15) is 4.39 Å². The Kier molecular flexibility index (Phi) is 5.77. The predicted molar refractivity (Wildman–Crippen MR) is 104 cm³/mol. The highest BCUT2D eigenvalue weighted by Gasteiger charge is 2.42. The van der Waals surface area contributed by atoms with Crippen LogP contribution in [0.2, 0.25) is 5.02 Å². The zero-order valence-corrected chi connectivity index (χ0v) is 16.7. The van der Waals surface area contributed by atoms with Crippen LogP contribution in [0.5, 0.6) is 5.75 Å². The van der Waals surface area contributed by atoms with Gasteiger partial charge in [-0.25, -0.2) is 4.39 Å². The Morgan fingerprint density at radius 2 is 1.89 bits per heavy atom. The topological polar surface area (TPSA) is 27.7 Å². The first-order chi connectivity index (χ1) is 13.1. The molecule has 1 unspecified atom stereocenters. The van der Waals surface area contributed by atoms with E-state index in [4.69, 9.17) is 25.8 Å². The van der Waals surface area contributed by atoms with Crippen LogP contribution in [0.25, 0.3) is 5.57 Å². The van der Waals surface area contributed by atoms with Crippen LogP contribution < -0.4 is 4.74 Å². The van der Waals surface area contributed by atoms with Crippen LogP contribution in [0.15, 0.2) is 18.2 Å². The maximum atomic E-state index is 14.7. The first-order valence-electron chi connectivity index (χ1n) is 10.2. The molecule has 0 N–H and O–H groups in total. The Labute approximate surface area is 165 Å². The monoisotopic (exact) mass is 394 g/mol. The second-order valence-corrected chi connectivity index (χ2v) is 8.26. The van der Waals surface area contributed by atoms with E-state index < -0.39 is 0 Å². The Morgan fingerprint density at radius 3 is 2.52 bits per heavy atom. The van der Waals surface area contributed by atoms with E-state index >= 15 is 0 Å². The number of hydrogen-bond acceptors (Lipinski definition) is 3. The molecular formula is C22H28ClFO3. The van der Waals surface area contributed by atoms with Crippen LogP contribution in [0, 0.1) is 17.7 Å². The molecule has 4 rings (SSSR count). The molecule has 1 atom stereocenters. The van der Waals surface area contributed by atoms with Gasteiger partial charge in [0.25, 0.3) is 0 Å². The van der Waals surface area contributed by atoms with Crippen LogP contribution in [0.4, 0.5) is 4.39 Å². The molecule has 1 saturated carbocycles. The fraction of sp³-hybridized carbons (Fsp3) is 0.636. The molecule has 1 aromatic rings. The molecule has 1 aromatic carbocycles. The van der Waals surface area contributed by atoms with Gasteiger partial charge in [0.2, 0.25) is 0 Å². The third kappa shape index (κ3) is 3.90. The van der Waals surface area contributed by atoms with Crippen molar-refractivity contribution >= 4 is 17.2 Å². The van der Waals surface area contributed by atoms with Crippen LogP contribution in [0.3, 0.4) is 0 Å². The molecule has 2 fully saturated rings. The minimum atomic E-state index is -0.359. The molecule has 27 heavy (non-hydrogen) atoms. The molecule has 0 bridgehead atoms. The molecule has 148 valence electrons. The van der Waals surface area contributed by atoms with Gasteiger partial charge in [0.05, 0.1) is 19.8 Å². The largest absolute Gasteiger partial charge is 0.492 e. The molecule has 1 saturated heterocycles. The molecule has 3 nitrogen and oxygen atoms in total. The second-order valence-electron chi connectivity index (χ2n) is 7.88. The quantitative estimate of drug-likeness (QED) is 0.627. The van der Waals surface area contributed by atoms with Gasteiger partial charge in [-0.1, -0.05) is 17.7 Å². The zero-order chi connectivity index (χ0) is 18.9. The standard InChI is InChI=1S/C22H28ClFO3/c1-2-25-19-8-7-18(21(24)20(19)23)17-5-3-15(4-6-17)16-9-11-22(12-10-16)26-13-14-27-22/h5,7-8,15-16H,2-4,6,9-14H2,1H3. The third-order valence-electron chi connectivity index (χ3n) is 6.42. The lowest BCUT2D eigenvalue weighted by atomic mass is 9.72. The zero-order valence-electron chi connectivity index (χ0n) is 15.9. The molecule has 5 heteroatoms. The van der Waals surface area contributed by atoms with E-state index in [0.717, 1.165) is 69.7 Å². The lowest BCUT2D eigenvalue weighted by Gasteiger charge is -2.39. The maximum Gasteiger partial charge on any atom is 0.168 e. The summed E-state index contributed by atoms with van der Waals surface area (Å²) in [5, 5.41) is 0.0894. The van der Waals surface area contributed by atoms with Crippen molar-refractivity contribution in [1.29, 1.82) is 0 Å². The highest BCUT2D eigenvalue weighted by atomic mass is 35.5. The molecule has 1 heterocycles. The number of halogens is 2. The lowest BCUT2D eigenvalue weighted by molar-refractivity contribution is -0.184. The van der Waals surface area contributed by atoms with E-state index in [0.29, 0.717) is 23.8 Å². The van der Waals surface area contributed by atoms with Gasteiger partial charge in [-0.15, -0.1) is 0 Å². The van der Waals surface area contributed by atoms with Gasteiger partial charge in [0, 0.05) is 18.4 Å². The number of ether oxygens (including phenoxy) is 3. The fourth-order valence-corrected chi connectivity index (χ4v) is 5.13. The summed E-state index contributed by atoms with van der Waals surface area (Å²) in [6, 6.07) is 3.58. The summed E-state index contributed by atoms with van der Waals surface area (Å²) >= 11 is 6.16. The molecule has 1 spiro atoms. The molecule has 0 aromatic heterocycles. The van der Waals surface area contributed by atoms with Gasteiger partial charge in [-0.3, -0.25) is 0 Å². The second kappa shape index (κ2) is 8.10. The molecule has 0 radical (unpaired) electrons. The Hall–Kier alpha value is -1.10. The summed E-state index contributed by atoms with van der Waals surface area (Å²) in [6.07, 6.45) is 9.58. The number of benzene rings is 1. The first-order valence-corrected chi connectivity index (χ1v) is 10.6. The van der Waals surface area contributed by atoms with Gasteiger partial charge < -0.3 is 14.2 Å². The SMILES string of the molecule is CCOc1ccc(C2=CCC(C3CCC4(CC3)OCCO4)CC2)c(F)c1Cl. The molecule has 0 amide bonds. The fourth-order valence-electron chi connectivity index (χ4n) is 4.91. The average molecular weight is 395 g/mol. The Bertz CT molecular complexity index is 702. The van der Waals surface area contributed by atoms with E-state index in [2.05, 4.69) is 6.08 Å². The number of hydrogen-bond donors (Lipinski definition) is 0. The first kappa shape index (κ1) is 19.2. The molecule has 2 aliphatic carbocycles. The summed E-state index contributed by atoms with van der Waals surface area (Å²) < 4.78 is 31.8. The van der Waals surface area contributed by atoms with Crippen molar-refractivity contribution in [3.63, 3.8) is 0 Å². The number of rotatable bonds is 4. The van der Waals surface area contributed by atoms with Crippen molar-refractivity contribution in [2.45, 2.75) is 57.7 Å². The summed E-state index contributed by atoms with van der Waals surface area (Å²) in [4.78, 5) is 0. The van der Waals surface area contributed by atoms with Crippen molar-refractivity contribution in [1.82, 2.24) is 0 Å². The van der Waals surface area contributed by atoms with E-state index in [1.165, 1.54) is 0 Å². The van der Waals surface area contributed by atoms with E-state index in [-0.39, 0.29) is 16.6 Å². The van der Waals surface area contributed by atoms with Gasteiger partial charge in [-0.2, -0.15) is 0 Å². The van der Waals surface area contributed by atoms with Gasteiger partial charge >= 0.3 is 0 Å². The smallest absolute Gasteiger partial charge is 0.168 e. The van der Waals surface area contributed by atoms with E-state index in [1.807, 2.05) is 6.92 Å². The molecular weight excluding hydrogens is 367 g/mol. The van der Waals surface area contributed by atoms with Gasteiger partial charge in [0.15, 0.2) is 11.6 Å². The van der Waals surface area contributed by atoms with Gasteiger partial charge in [0.1, 0.15) is 10.8 Å². The number of allylic oxidation sites excluding steroid dienone is 2. The maximum absolute atomic E-state index is 14.7. The van der Waals surface area contributed by atoms with Crippen LogP contribution in [0.1, 0.15) is 57.4 Å². The Balaban J connectivity index is 1.40. The normalized spacial score (nSPS) is 25.6. The van der Waals surface area contributed by atoms with Crippen LogP contribution in [-0.2, 0) is 9.47 Å². The van der Waals surface area contributed by atoms with Gasteiger partial charge in [-0.05, 0) is 68.6 Å². The van der Waals surface area contributed by atoms with Crippen molar-refractivity contribution in [2.24, 2.45) is 11.8 Å². The average Bonchev–Trinajstić information content (AvgIpc) is 3.15. The van der Waals surface area contributed by atoms with E-state index in [1.54, 1.807) is 12.1 Å². The predicted octanol–water partition coefficient (Wildman–Crippen LogP) is 5.99. The summed E-state index contributed by atoms with van der Waals surface area (Å²) in [5.41, 5.74) is 1.70. The highest BCUT2D eigenvalue weighted by molar-refractivity contribution is 6.32. The van der Waals surface area contributed by atoms with Crippen molar-refractivity contribution in [3.8, 4) is 5.75 Å². The van der Waals surface area contributed by atoms with Crippen molar-refractivity contribution in [2.75, 3.05) is 19.8 Å². The highest BCUT2D eigenvalue weighted by Crippen LogP contribution is 2.45. The summed E-state index contributed by atoms with van der Waals surface area (Å²) in [7, 11) is 0. The van der Waals surface area contributed by atoms with Crippen molar-refractivity contribution in [3.05, 3.63) is 34.6 Å². The van der Waals surface area contributed by atoms with Crippen molar-refractivity contribution < 1.29 is 18.6 Å². The lowest BCUT2D eigenvalue weighted by Crippen LogP contribution is -2.37.